The van der Waals surface area contributed by atoms with Crippen LogP contribution >= 0.6 is 0 Å². The monoisotopic (exact) mass is 297 g/mol. The Morgan fingerprint density at radius 1 is 1.35 bits per heavy atom. The number of hydrogen-bond acceptors (Lipinski definition) is 5. The zero-order chi connectivity index (χ0) is 14.8. The van der Waals surface area contributed by atoms with Crippen LogP contribution in [0, 0.1) is 0 Å². The average molecular weight is 297 g/mol. The summed E-state index contributed by atoms with van der Waals surface area (Å²) in [5.74, 6) is -1.41. The minimum absolute atomic E-state index is 0.168. The molecule has 106 valence electrons. The Hall–Kier alpha value is -2.39. The number of sulfonamides is 1. The number of carboxylic acids is 1. The molecule has 20 heavy (non-hydrogen) atoms. The fourth-order valence-electron chi connectivity index (χ4n) is 1.59. The first-order valence-electron chi connectivity index (χ1n) is 5.44. The van der Waals surface area contributed by atoms with Gasteiger partial charge < -0.3 is 10.2 Å². The summed E-state index contributed by atoms with van der Waals surface area (Å²) in [5.41, 5.74) is 0.0763. The van der Waals surface area contributed by atoms with Gasteiger partial charge in [0.2, 0.25) is 0 Å². The van der Waals surface area contributed by atoms with E-state index in [-0.39, 0.29) is 12.3 Å². The van der Waals surface area contributed by atoms with Gasteiger partial charge in [0.25, 0.3) is 10.0 Å². The molecule has 1 heterocycles. The second kappa shape index (κ2) is 5.31. The number of para-hydroxylation sites is 1. The number of carbonyl (C=O) groups is 1. The normalized spacial score (nSPS) is 11.2. The molecule has 2 rings (SSSR count). The number of nitrogens with zero attached hydrogens (tertiary/aromatic N) is 1. The number of rotatable bonds is 5. The predicted molar refractivity (Wildman–Crippen MR) is 68.7 cm³/mol. The second-order valence-corrected chi connectivity index (χ2v) is 5.46. The lowest BCUT2D eigenvalue weighted by atomic mass is 10.2. The zero-order valence-corrected chi connectivity index (χ0v) is 10.9. The van der Waals surface area contributed by atoms with E-state index in [1.165, 1.54) is 6.07 Å². The van der Waals surface area contributed by atoms with Gasteiger partial charge >= 0.3 is 5.97 Å². The van der Waals surface area contributed by atoms with Crippen LogP contribution in [0.25, 0.3) is 0 Å². The van der Waals surface area contributed by atoms with Gasteiger partial charge in [-0.1, -0.05) is 18.2 Å². The quantitative estimate of drug-likeness (QED) is 0.631. The summed E-state index contributed by atoms with van der Waals surface area (Å²) in [6.07, 6.45) is 0.912. The van der Waals surface area contributed by atoms with Crippen molar-refractivity contribution in [3.8, 4) is 0 Å². The number of aromatic nitrogens is 2. The number of aromatic amines is 1. The molecule has 2 aromatic rings. The minimum atomic E-state index is -4.14. The van der Waals surface area contributed by atoms with Crippen LogP contribution in [-0.2, 0) is 16.6 Å². The Labute approximate surface area is 114 Å². The van der Waals surface area contributed by atoms with Crippen LogP contribution in [0.3, 0.4) is 0 Å². The molecule has 1 aromatic heterocycles. The molecule has 1 aromatic carbocycles. The van der Waals surface area contributed by atoms with Crippen molar-refractivity contribution in [2.75, 3.05) is 4.72 Å². The molecular formula is C11H11N3O5S. The Bertz CT molecular complexity index is 738. The van der Waals surface area contributed by atoms with Crippen molar-refractivity contribution in [3.05, 3.63) is 41.6 Å². The number of nitrogens with one attached hydrogen (secondary N) is 2. The number of carboxylic acid groups (broad SMARTS) is 1. The zero-order valence-electron chi connectivity index (χ0n) is 10.1. The van der Waals surface area contributed by atoms with Gasteiger partial charge in [-0.25, -0.2) is 4.79 Å². The summed E-state index contributed by atoms with van der Waals surface area (Å²) in [4.78, 5) is 10.9. The third-order valence-electron chi connectivity index (χ3n) is 2.54. The average Bonchev–Trinajstić information content (AvgIpc) is 2.89. The third-order valence-corrected chi connectivity index (χ3v) is 3.87. The first-order valence-corrected chi connectivity index (χ1v) is 6.92. The third kappa shape index (κ3) is 2.63. The topological polar surface area (TPSA) is 132 Å². The number of anilines is 1. The van der Waals surface area contributed by atoms with Crippen molar-refractivity contribution in [1.29, 1.82) is 0 Å². The minimum Gasteiger partial charge on any atom is -0.478 e. The first-order chi connectivity index (χ1) is 9.45. The van der Waals surface area contributed by atoms with Crippen molar-refractivity contribution >= 4 is 21.7 Å². The maximum absolute atomic E-state index is 12.1. The van der Waals surface area contributed by atoms with Crippen LogP contribution in [0.15, 0.2) is 35.5 Å². The van der Waals surface area contributed by atoms with Crippen LogP contribution in [-0.4, -0.2) is 34.8 Å². The maximum Gasteiger partial charge on any atom is 0.340 e. The molecule has 0 radical (unpaired) electrons. The Morgan fingerprint density at radius 2 is 2.05 bits per heavy atom. The van der Waals surface area contributed by atoms with Crippen LogP contribution in [0.5, 0.6) is 0 Å². The van der Waals surface area contributed by atoms with Crippen molar-refractivity contribution in [2.24, 2.45) is 0 Å². The SMILES string of the molecule is O=C(O)c1cn[nH]c1S(=O)(=O)Nc1ccccc1CO. The summed E-state index contributed by atoms with van der Waals surface area (Å²) in [5, 5.41) is 23.0. The lowest BCUT2D eigenvalue weighted by molar-refractivity contribution is 0.0692. The number of H-pyrrole nitrogens is 1. The van der Waals surface area contributed by atoms with Gasteiger partial charge in [0.05, 0.1) is 18.5 Å². The number of hydrogen-bond donors (Lipinski definition) is 4. The lowest BCUT2D eigenvalue weighted by Crippen LogP contribution is -2.17. The van der Waals surface area contributed by atoms with Crippen molar-refractivity contribution in [1.82, 2.24) is 10.2 Å². The lowest BCUT2D eigenvalue weighted by Gasteiger charge is -2.10. The van der Waals surface area contributed by atoms with E-state index < -0.39 is 26.6 Å². The molecule has 4 N–H and O–H groups in total. The largest absolute Gasteiger partial charge is 0.478 e. The van der Waals surface area contributed by atoms with Gasteiger partial charge in [-0.3, -0.25) is 9.82 Å². The van der Waals surface area contributed by atoms with Gasteiger partial charge in [0.1, 0.15) is 5.56 Å². The number of aliphatic hydroxyl groups excluding tert-OH is 1. The number of aromatic carboxylic acids is 1. The van der Waals surface area contributed by atoms with Crippen LogP contribution < -0.4 is 4.72 Å². The number of benzene rings is 1. The fraction of sp³-hybridized carbons (Fsp3) is 0.0909. The molecule has 0 fully saturated rings. The molecule has 0 saturated heterocycles. The van der Waals surface area contributed by atoms with E-state index in [1.54, 1.807) is 18.2 Å². The molecular weight excluding hydrogens is 286 g/mol. The Balaban J connectivity index is 2.41. The second-order valence-electron chi connectivity index (χ2n) is 3.84. The predicted octanol–water partition coefficient (Wildman–Crippen LogP) is 0.401. The van der Waals surface area contributed by atoms with Gasteiger partial charge in [-0.05, 0) is 6.07 Å². The highest BCUT2D eigenvalue weighted by Crippen LogP contribution is 2.20. The summed E-state index contributed by atoms with van der Waals surface area (Å²) < 4.78 is 26.5. The van der Waals surface area contributed by atoms with Crippen molar-refractivity contribution < 1.29 is 23.4 Å². The van der Waals surface area contributed by atoms with E-state index in [2.05, 4.69) is 14.9 Å². The molecule has 0 amide bonds. The molecule has 0 saturated carbocycles. The summed E-state index contributed by atoms with van der Waals surface area (Å²) in [7, 11) is -4.14. The van der Waals surface area contributed by atoms with Crippen molar-refractivity contribution in [2.45, 2.75) is 11.6 Å². The van der Waals surface area contributed by atoms with E-state index in [9.17, 15) is 13.2 Å². The summed E-state index contributed by atoms with van der Waals surface area (Å²) in [6.45, 7) is -0.354. The molecule has 0 unspecified atom stereocenters. The van der Waals surface area contributed by atoms with E-state index >= 15 is 0 Å². The fourth-order valence-corrected chi connectivity index (χ4v) is 2.78. The highest BCUT2D eigenvalue weighted by Gasteiger charge is 2.25. The van der Waals surface area contributed by atoms with E-state index in [1.807, 2.05) is 0 Å². The maximum atomic E-state index is 12.1. The smallest absolute Gasteiger partial charge is 0.340 e. The van der Waals surface area contributed by atoms with Crippen LogP contribution in [0.4, 0.5) is 5.69 Å². The molecule has 0 spiro atoms. The molecule has 0 atom stereocenters. The molecule has 0 aliphatic heterocycles. The Kier molecular flexibility index (Phi) is 3.72. The molecule has 0 bridgehead atoms. The molecule has 0 aliphatic rings. The number of aliphatic hydroxyl groups is 1. The molecule has 0 aliphatic carbocycles. The van der Waals surface area contributed by atoms with Gasteiger partial charge in [-0.2, -0.15) is 13.5 Å². The molecule has 8 nitrogen and oxygen atoms in total. The van der Waals surface area contributed by atoms with Crippen molar-refractivity contribution in [3.63, 3.8) is 0 Å². The highest BCUT2D eigenvalue weighted by molar-refractivity contribution is 7.92. The van der Waals surface area contributed by atoms with Gasteiger partial charge in [-0.15, -0.1) is 0 Å². The first kappa shape index (κ1) is 14.0. The standard InChI is InChI=1S/C11H11N3O5S/c15-6-7-3-1-2-4-9(7)14-20(18,19)10-8(11(16)17)5-12-13-10/h1-5,14-15H,6H2,(H,12,13)(H,16,17). The summed E-state index contributed by atoms with van der Waals surface area (Å²) >= 11 is 0. The van der Waals surface area contributed by atoms with E-state index in [0.717, 1.165) is 6.20 Å². The van der Waals surface area contributed by atoms with E-state index in [0.29, 0.717) is 5.56 Å². The summed E-state index contributed by atoms with van der Waals surface area (Å²) in [6, 6.07) is 6.23. The van der Waals surface area contributed by atoms with Crippen LogP contribution in [0.1, 0.15) is 15.9 Å². The van der Waals surface area contributed by atoms with E-state index in [4.69, 9.17) is 10.2 Å². The van der Waals surface area contributed by atoms with Crippen LogP contribution in [0.2, 0.25) is 0 Å². The van der Waals surface area contributed by atoms with Gasteiger partial charge in [0.15, 0.2) is 5.03 Å². The highest BCUT2D eigenvalue weighted by atomic mass is 32.2. The molecule has 9 heteroatoms. The van der Waals surface area contributed by atoms with Gasteiger partial charge in [0, 0.05) is 5.56 Å². The Morgan fingerprint density at radius 3 is 2.70 bits per heavy atom.